The highest BCUT2D eigenvalue weighted by molar-refractivity contribution is 5.78. The third-order valence-electron chi connectivity index (χ3n) is 4.50. The Morgan fingerprint density at radius 3 is 2.70 bits per heavy atom. The fourth-order valence-corrected chi connectivity index (χ4v) is 3.00. The molecule has 2 aromatic carbocycles. The molecule has 3 rings (SSSR count). The van der Waals surface area contributed by atoms with Crippen LogP contribution in [0.2, 0.25) is 0 Å². The Bertz CT molecular complexity index is 808. The molecule has 27 heavy (non-hydrogen) atoms. The molecule has 1 unspecified atom stereocenters. The number of ether oxygens (including phenoxy) is 2. The van der Waals surface area contributed by atoms with Gasteiger partial charge in [-0.05, 0) is 43.2 Å². The van der Waals surface area contributed by atoms with E-state index in [4.69, 9.17) is 14.7 Å². The van der Waals surface area contributed by atoms with E-state index in [2.05, 4.69) is 0 Å². The highest BCUT2D eigenvalue weighted by Crippen LogP contribution is 2.20. The number of carbonyl (C=O) groups excluding carboxylic acids is 1. The molecule has 6 nitrogen and oxygen atoms in total. The molecule has 2 aromatic rings. The van der Waals surface area contributed by atoms with Crippen LogP contribution in [0.5, 0.6) is 11.5 Å². The van der Waals surface area contributed by atoms with E-state index in [9.17, 15) is 9.90 Å². The molecule has 1 N–H and O–H groups in total. The van der Waals surface area contributed by atoms with Crippen molar-refractivity contribution < 1.29 is 19.4 Å². The van der Waals surface area contributed by atoms with Gasteiger partial charge in [0.1, 0.15) is 11.5 Å². The van der Waals surface area contributed by atoms with Crippen LogP contribution in [0.1, 0.15) is 24.0 Å². The minimum absolute atomic E-state index is 0.00900. The number of aromatic hydroxyl groups is 1. The lowest BCUT2D eigenvalue weighted by atomic mass is 10.1. The predicted octanol–water partition coefficient (Wildman–Crippen LogP) is 2.85. The summed E-state index contributed by atoms with van der Waals surface area (Å²) >= 11 is 0. The van der Waals surface area contributed by atoms with Gasteiger partial charge in [-0.25, -0.2) is 0 Å². The van der Waals surface area contributed by atoms with Crippen molar-refractivity contribution in [3.8, 4) is 17.6 Å². The van der Waals surface area contributed by atoms with Crippen LogP contribution in [0, 0.1) is 11.3 Å². The highest BCUT2D eigenvalue weighted by Gasteiger charge is 2.23. The van der Waals surface area contributed by atoms with Gasteiger partial charge in [-0.2, -0.15) is 5.26 Å². The van der Waals surface area contributed by atoms with Gasteiger partial charge >= 0.3 is 0 Å². The monoisotopic (exact) mass is 366 g/mol. The van der Waals surface area contributed by atoms with Crippen LogP contribution in [0.3, 0.4) is 0 Å². The Kier molecular flexibility index (Phi) is 6.29. The molecule has 140 valence electrons. The molecular weight excluding hydrogens is 344 g/mol. The van der Waals surface area contributed by atoms with E-state index in [0.717, 1.165) is 12.8 Å². The van der Waals surface area contributed by atoms with Crippen LogP contribution in [-0.2, 0) is 16.1 Å². The van der Waals surface area contributed by atoms with E-state index < -0.39 is 0 Å². The van der Waals surface area contributed by atoms with Crippen LogP contribution >= 0.6 is 0 Å². The van der Waals surface area contributed by atoms with Crippen molar-refractivity contribution >= 4 is 5.91 Å². The SMILES string of the molecule is N#Cc1ccc(OCC(=O)N(Cc2ccccc2O)CC2CCCO2)cc1. The third-order valence-corrected chi connectivity index (χ3v) is 4.50. The van der Waals surface area contributed by atoms with Crippen LogP contribution in [0.4, 0.5) is 0 Å². The van der Waals surface area contributed by atoms with Crippen LogP contribution in [0.25, 0.3) is 0 Å². The zero-order valence-corrected chi connectivity index (χ0v) is 15.0. The van der Waals surface area contributed by atoms with E-state index in [1.165, 1.54) is 0 Å². The summed E-state index contributed by atoms with van der Waals surface area (Å²) < 4.78 is 11.2. The smallest absolute Gasteiger partial charge is 0.260 e. The first-order chi connectivity index (χ1) is 13.2. The van der Waals surface area contributed by atoms with Crippen molar-refractivity contribution in [2.24, 2.45) is 0 Å². The van der Waals surface area contributed by atoms with Crippen molar-refractivity contribution in [1.82, 2.24) is 4.90 Å². The first-order valence-corrected chi connectivity index (χ1v) is 8.95. The fourth-order valence-electron chi connectivity index (χ4n) is 3.00. The fraction of sp³-hybridized carbons (Fsp3) is 0.333. The molecule has 0 aliphatic carbocycles. The average Bonchev–Trinajstić information content (AvgIpc) is 3.21. The van der Waals surface area contributed by atoms with Crippen molar-refractivity contribution in [1.29, 1.82) is 5.26 Å². The van der Waals surface area contributed by atoms with E-state index in [1.54, 1.807) is 47.4 Å². The predicted molar refractivity (Wildman–Crippen MR) is 99.1 cm³/mol. The number of benzene rings is 2. The third kappa shape index (κ3) is 5.22. The maximum Gasteiger partial charge on any atom is 0.260 e. The first-order valence-electron chi connectivity index (χ1n) is 8.95. The van der Waals surface area contributed by atoms with Gasteiger partial charge in [0, 0.05) is 25.3 Å². The van der Waals surface area contributed by atoms with Crippen molar-refractivity contribution in [2.45, 2.75) is 25.5 Å². The lowest BCUT2D eigenvalue weighted by Crippen LogP contribution is -2.39. The number of hydrogen-bond acceptors (Lipinski definition) is 5. The number of phenols is 1. The zero-order chi connectivity index (χ0) is 19.1. The lowest BCUT2D eigenvalue weighted by molar-refractivity contribution is -0.135. The zero-order valence-electron chi connectivity index (χ0n) is 15.0. The molecule has 0 radical (unpaired) electrons. The van der Waals surface area contributed by atoms with Gasteiger partial charge < -0.3 is 19.5 Å². The van der Waals surface area contributed by atoms with Gasteiger partial charge in [-0.15, -0.1) is 0 Å². The molecule has 0 saturated carbocycles. The number of para-hydroxylation sites is 1. The van der Waals surface area contributed by atoms with Crippen LogP contribution < -0.4 is 4.74 Å². The van der Waals surface area contributed by atoms with Crippen LogP contribution in [0.15, 0.2) is 48.5 Å². The van der Waals surface area contributed by atoms with Crippen molar-refractivity contribution in [3.05, 3.63) is 59.7 Å². The van der Waals surface area contributed by atoms with Gasteiger partial charge in [-0.1, -0.05) is 18.2 Å². The average molecular weight is 366 g/mol. The second kappa shape index (κ2) is 9.06. The number of rotatable bonds is 7. The largest absolute Gasteiger partial charge is 0.508 e. The lowest BCUT2D eigenvalue weighted by Gasteiger charge is -2.26. The second-order valence-corrected chi connectivity index (χ2v) is 6.46. The van der Waals surface area contributed by atoms with Gasteiger partial charge in [0.2, 0.25) is 0 Å². The van der Waals surface area contributed by atoms with Gasteiger partial charge in [0.05, 0.1) is 17.7 Å². The van der Waals surface area contributed by atoms with Gasteiger partial charge in [-0.3, -0.25) is 4.79 Å². The highest BCUT2D eigenvalue weighted by atomic mass is 16.5. The minimum Gasteiger partial charge on any atom is -0.508 e. The van der Waals surface area contributed by atoms with Gasteiger partial charge in [0.25, 0.3) is 5.91 Å². The van der Waals surface area contributed by atoms with Crippen LogP contribution in [-0.4, -0.2) is 41.8 Å². The Labute approximate surface area is 158 Å². The molecule has 0 bridgehead atoms. The molecule has 0 aromatic heterocycles. The number of hydrogen-bond donors (Lipinski definition) is 1. The maximum atomic E-state index is 12.8. The molecule has 1 fully saturated rings. The summed E-state index contributed by atoms with van der Waals surface area (Å²) in [6.07, 6.45) is 1.92. The van der Waals surface area contributed by atoms with E-state index in [0.29, 0.717) is 36.6 Å². The molecule has 1 aliphatic rings. The summed E-state index contributed by atoms with van der Waals surface area (Å²) in [5.41, 5.74) is 1.22. The van der Waals surface area contributed by atoms with Gasteiger partial charge in [0.15, 0.2) is 6.61 Å². The molecular formula is C21H22N2O4. The quantitative estimate of drug-likeness (QED) is 0.815. The molecule has 6 heteroatoms. The Balaban J connectivity index is 1.65. The summed E-state index contributed by atoms with van der Waals surface area (Å²) in [5.74, 6) is 0.510. The normalized spacial score (nSPS) is 15.9. The summed E-state index contributed by atoms with van der Waals surface area (Å²) in [4.78, 5) is 14.4. The summed E-state index contributed by atoms with van der Waals surface area (Å²) in [5, 5.41) is 18.9. The van der Waals surface area contributed by atoms with E-state index in [-0.39, 0.29) is 24.4 Å². The number of nitriles is 1. The van der Waals surface area contributed by atoms with E-state index >= 15 is 0 Å². The topological polar surface area (TPSA) is 82.8 Å². The molecule has 1 heterocycles. The number of amides is 1. The molecule has 1 amide bonds. The molecule has 1 atom stereocenters. The number of nitrogens with zero attached hydrogens (tertiary/aromatic N) is 2. The molecule has 0 spiro atoms. The summed E-state index contributed by atoms with van der Waals surface area (Å²) in [6, 6.07) is 15.6. The van der Waals surface area contributed by atoms with E-state index in [1.807, 2.05) is 12.1 Å². The Morgan fingerprint density at radius 2 is 2.04 bits per heavy atom. The number of carbonyl (C=O) groups is 1. The van der Waals surface area contributed by atoms with Crippen molar-refractivity contribution in [2.75, 3.05) is 19.8 Å². The summed E-state index contributed by atoms with van der Waals surface area (Å²) in [7, 11) is 0. The Morgan fingerprint density at radius 1 is 1.26 bits per heavy atom. The second-order valence-electron chi connectivity index (χ2n) is 6.46. The van der Waals surface area contributed by atoms with Crippen molar-refractivity contribution in [3.63, 3.8) is 0 Å². The molecule has 1 saturated heterocycles. The number of phenolic OH excluding ortho intramolecular Hbond substituents is 1. The minimum atomic E-state index is -0.182. The Hall–Kier alpha value is -3.04. The maximum absolute atomic E-state index is 12.8. The standard InChI is InChI=1S/C21H22N2O4/c22-12-16-7-9-18(10-8-16)27-15-21(25)23(14-19-5-3-11-26-19)13-17-4-1-2-6-20(17)24/h1-2,4,6-10,19,24H,3,5,11,13-15H2. The summed E-state index contributed by atoms with van der Waals surface area (Å²) in [6.45, 7) is 1.35. The first kappa shape index (κ1) is 18.7. The molecule has 1 aliphatic heterocycles.